The van der Waals surface area contributed by atoms with Gasteiger partial charge in [0.2, 0.25) is 0 Å². The number of esters is 3. The van der Waals surface area contributed by atoms with Crippen molar-refractivity contribution in [1.29, 1.82) is 0 Å². The van der Waals surface area contributed by atoms with E-state index < -0.39 is 6.10 Å². The Balaban J connectivity index is 4.21. The van der Waals surface area contributed by atoms with Crippen LogP contribution < -0.4 is 0 Å². The number of hydrogen-bond acceptors (Lipinski definition) is 6. The Morgan fingerprint density at radius 3 is 0.779 bits per heavy atom. The maximum Gasteiger partial charge on any atom is 0.306 e. The van der Waals surface area contributed by atoms with Gasteiger partial charge in [-0.2, -0.15) is 0 Å². The second-order valence-electron chi connectivity index (χ2n) is 22.7. The fourth-order valence-corrected chi connectivity index (χ4v) is 9.90. The monoisotopic (exact) mass is 1080 g/mol. The molecule has 0 aliphatic heterocycles. The lowest BCUT2D eigenvalue weighted by molar-refractivity contribution is -0.167. The average Bonchev–Trinajstić information content (AvgIpc) is 3.43. The lowest BCUT2D eigenvalue weighted by Gasteiger charge is -2.18. The number of hydrogen-bond donors (Lipinski definition) is 0. The molecule has 0 aromatic heterocycles. The highest BCUT2D eigenvalue weighted by Crippen LogP contribution is 2.18. The van der Waals surface area contributed by atoms with E-state index in [4.69, 9.17) is 14.2 Å². The van der Waals surface area contributed by atoms with Crippen molar-refractivity contribution < 1.29 is 28.6 Å². The molecule has 0 fully saturated rings. The van der Waals surface area contributed by atoms with E-state index in [0.29, 0.717) is 19.3 Å². The minimum atomic E-state index is -0.778. The van der Waals surface area contributed by atoms with Gasteiger partial charge >= 0.3 is 17.9 Å². The molecule has 448 valence electrons. The molecule has 0 saturated carbocycles. The predicted molar refractivity (Wildman–Crippen MR) is 335 cm³/mol. The lowest BCUT2D eigenvalue weighted by Crippen LogP contribution is -2.30. The van der Waals surface area contributed by atoms with E-state index in [1.807, 2.05) is 0 Å². The van der Waals surface area contributed by atoms with E-state index >= 15 is 0 Å². The Hall–Kier alpha value is -2.89. The summed E-state index contributed by atoms with van der Waals surface area (Å²) in [5.41, 5.74) is 0. The quantitative estimate of drug-likeness (QED) is 0.0261. The summed E-state index contributed by atoms with van der Waals surface area (Å²) in [7, 11) is 0. The third-order valence-electron chi connectivity index (χ3n) is 15.0. The largest absolute Gasteiger partial charge is 0.462 e. The van der Waals surface area contributed by atoms with Crippen LogP contribution in [0.4, 0.5) is 0 Å². The summed E-state index contributed by atoms with van der Waals surface area (Å²) in [6.45, 7) is 6.60. The molecule has 0 amide bonds. The molecule has 0 bridgehead atoms. The first-order valence-electron chi connectivity index (χ1n) is 33.8. The zero-order chi connectivity index (χ0) is 55.7. The molecule has 0 spiro atoms. The Labute approximate surface area is 479 Å². The maximum atomic E-state index is 12.9. The number of carbonyl (C=O) groups excluding carboxylic acids is 3. The van der Waals surface area contributed by atoms with Crippen LogP contribution in [0, 0.1) is 0 Å². The summed E-state index contributed by atoms with van der Waals surface area (Å²) in [6.07, 6.45) is 83.8. The van der Waals surface area contributed by atoms with Crippen molar-refractivity contribution in [2.45, 2.75) is 361 Å². The molecule has 0 rings (SSSR count). The second-order valence-corrected chi connectivity index (χ2v) is 22.7. The summed E-state index contributed by atoms with van der Waals surface area (Å²) >= 11 is 0. The highest BCUT2D eigenvalue weighted by Gasteiger charge is 2.19. The summed E-state index contributed by atoms with van der Waals surface area (Å²) in [6, 6.07) is 0. The van der Waals surface area contributed by atoms with Crippen molar-refractivity contribution in [2.75, 3.05) is 13.2 Å². The Morgan fingerprint density at radius 2 is 0.494 bits per heavy atom. The van der Waals surface area contributed by atoms with Gasteiger partial charge in [0.05, 0.1) is 0 Å². The fraction of sp³-hybridized carbons (Fsp3) is 0.817. The van der Waals surface area contributed by atoms with Gasteiger partial charge < -0.3 is 14.2 Å². The molecular weight excluding hydrogens is 949 g/mol. The van der Waals surface area contributed by atoms with Gasteiger partial charge in [0, 0.05) is 19.3 Å². The molecule has 1 atom stereocenters. The normalized spacial score (nSPS) is 12.4. The molecule has 6 heteroatoms. The minimum Gasteiger partial charge on any atom is -0.462 e. The summed E-state index contributed by atoms with van der Waals surface area (Å²) in [5.74, 6) is -0.870. The van der Waals surface area contributed by atoms with Crippen molar-refractivity contribution in [3.05, 3.63) is 60.8 Å². The van der Waals surface area contributed by atoms with E-state index in [9.17, 15) is 14.4 Å². The van der Waals surface area contributed by atoms with Crippen LogP contribution >= 0.6 is 0 Å². The van der Waals surface area contributed by atoms with Crippen molar-refractivity contribution in [2.24, 2.45) is 0 Å². The predicted octanol–water partition coefficient (Wildman–Crippen LogP) is 23.1. The molecule has 0 aliphatic rings. The highest BCUT2D eigenvalue weighted by atomic mass is 16.6. The van der Waals surface area contributed by atoms with E-state index in [0.717, 1.165) is 96.3 Å². The zero-order valence-corrected chi connectivity index (χ0v) is 51.5. The van der Waals surface area contributed by atoms with Crippen LogP contribution in [0.5, 0.6) is 0 Å². The van der Waals surface area contributed by atoms with Crippen molar-refractivity contribution >= 4 is 17.9 Å². The van der Waals surface area contributed by atoms with Crippen LogP contribution in [0.2, 0.25) is 0 Å². The zero-order valence-electron chi connectivity index (χ0n) is 51.5. The number of ether oxygens (including phenoxy) is 3. The first-order chi connectivity index (χ1) is 38.0. The molecule has 0 saturated heterocycles. The van der Waals surface area contributed by atoms with Crippen molar-refractivity contribution in [3.63, 3.8) is 0 Å². The molecule has 0 N–H and O–H groups in total. The van der Waals surface area contributed by atoms with Gasteiger partial charge in [0.1, 0.15) is 13.2 Å². The fourth-order valence-electron chi connectivity index (χ4n) is 9.90. The lowest BCUT2D eigenvalue weighted by atomic mass is 10.0. The van der Waals surface area contributed by atoms with Crippen LogP contribution in [0.15, 0.2) is 60.8 Å². The summed E-state index contributed by atoms with van der Waals surface area (Å²) < 4.78 is 16.9. The molecule has 0 radical (unpaired) electrons. The standard InChI is InChI=1S/C71H128O6/c1-4-7-10-13-16-19-22-25-27-29-30-31-32-33-34-35-36-37-38-39-40-42-43-46-49-52-55-58-61-64-70(73)76-67-68(66-75-69(72)63-60-57-54-51-48-45-24-21-18-15-12-9-6-3)77-71(74)65-62-59-56-53-50-47-44-41-28-26-23-20-17-14-11-8-5-2/h12,15,21-22,24-25,29-30,32-33,68H,4-11,13-14,16-20,23,26-28,31,34-67H2,1-3H3/b15-12-,24-21-,25-22-,30-29-,33-32-. The van der Waals surface area contributed by atoms with Crippen LogP contribution in [-0.4, -0.2) is 37.2 Å². The molecule has 6 nitrogen and oxygen atoms in total. The Kier molecular flexibility index (Phi) is 63.2. The highest BCUT2D eigenvalue weighted by molar-refractivity contribution is 5.71. The van der Waals surface area contributed by atoms with Gasteiger partial charge in [-0.25, -0.2) is 0 Å². The second kappa shape index (κ2) is 65.6. The molecule has 0 aromatic carbocycles. The van der Waals surface area contributed by atoms with Crippen molar-refractivity contribution in [3.8, 4) is 0 Å². The van der Waals surface area contributed by atoms with Crippen LogP contribution in [-0.2, 0) is 28.6 Å². The van der Waals surface area contributed by atoms with Gasteiger partial charge in [-0.1, -0.05) is 313 Å². The number of allylic oxidation sites excluding steroid dienone is 10. The number of carbonyl (C=O) groups is 3. The molecule has 0 aromatic rings. The third-order valence-corrected chi connectivity index (χ3v) is 15.0. The first-order valence-corrected chi connectivity index (χ1v) is 33.8. The minimum absolute atomic E-state index is 0.0751. The molecule has 0 heterocycles. The summed E-state index contributed by atoms with van der Waals surface area (Å²) in [4.78, 5) is 38.3. The topological polar surface area (TPSA) is 78.9 Å². The van der Waals surface area contributed by atoms with Crippen LogP contribution in [0.3, 0.4) is 0 Å². The van der Waals surface area contributed by atoms with Crippen LogP contribution in [0.25, 0.3) is 0 Å². The third kappa shape index (κ3) is 63.8. The van der Waals surface area contributed by atoms with E-state index in [1.54, 1.807) is 0 Å². The maximum absolute atomic E-state index is 12.9. The Bertz CT molecular complexity index is 1380. The van der Waals surface area contributed by atoms with E-state index in [1.165, 1.54) is 218 Å². The van der Waals surface area contributed by atoms with Crippen molar-refractivity contribution in [1.82, 2.24) is 0 Å². The van der Waals surface area contributed by atoms with Gasteiger partial charge in [0.15, 0.2) is 6.10 Å². The molecule has 77 heavy (non-hydrogen) atoms. The molecule has 1 unspecified atom stereocenters. The van der Waals surface area contributed by atoms with Crippen LogP contribution in [0.1, 0.15) is 355 Å². The number of unbranched alkanes of at least 4 members (excludes halogenated alkanes) is 41. The van der Waals surface area contributed by atoms with Gasteiger partial charge in [-0.05, 0) is 83.5 Å². The average molecular weight is 1080 g/mol. The smallest absolute Gasteiger partial charge is 0.306 e. The van der Waals surface area contributed by atoms with Gasteiger partial charge in [0.25, 0.3) is 0 Å². The van der Waals surface area contributed by atoms with E-state index in [-0.39, 0.29) is 31.1 Å². The van der Waals surface area contributed by atoms with E-state index in [2.05, 4.69) is 81.5 Å². The summed E-state index contributed by atoms with van der Waals surface area (Å²) in [5, 5.41) is 0. The molecule has 0 aliphatic carbocycles. The molecular formula is C71H128O6. The Morgan fingerprint density at radius 1 is 0.260 bits per heavy atom. The number of rotatable bonds is 62. The SMILES string of the molecule is CCC/C=C\C/C=C\CCCCCCCC(=O)OCC(COC(=O)CCCCCCCCCCCCCCCC/C=C\C/C=C\C/C=C\CCCCCCC)OC(=O)CCCCCCCCCCCCCCCCCCC. The van der Waals surface area contributed by atoms with Gasteiger partial charge in [-0.15, -0.1) is 0 Å². The van der Waals surface area contributed by atoms with Gasteiger partial charge in [-0.3, -0.25) is 14.4 Å². The first kappa shape index (κ1) is 74.1.